The fourth-order valence-electron chi connectivity index (χ4n) is 3.19. The molecule has 0 fully saturated rings. The average Bonchev–Trinajstić information content (AvgIpc) is 3.05. The number of imidazole rings is 1. The molecule has 0 aliphatic rings. The summed E-state index contributed by atoms with van der Waals surface area (Å²) in [7, 11) is 0. The van der Waals surface area contributed by atoms with E-state index < -0.39 is 0 Å². The number of aryl methyl sites for hydroxylation is 2. The zero-order valence-electron chi connectivity index (χ0n) is 15.1. The van der Waals surface area contributed by atoms with E-state index in [0.29, 0.717) is 6.61 Å². The largest absolute Gasteiger partial charge is 0.491 e. The summed E-state index contributed by atoms with van der Waals surface area (Å²) in [5.41, 5.74) is 7.05. The van der Waals surface area contributed by atoms with Crippen molar-refractivity contribution in [2.45, 2.75) is 20.4 Å². The molecule has 3 nitrogen and oxygen atoms in total. The molecule has 4 rings (SSSR count). The molecule has 1 heterocycles. The zero-order valence-corrected chi connectivity index (χ0v) is 15.1. The third-order valence-corrected chi connectivity index (χ3v) is 4.80. The second kappa shape index (κ2) is 7.04. The number of hydrogen-bond acceptors (Lipinski definition) is 2. The first-order valence-electron chi connectivity index (χ1n) is 8.92. The molecule has 0 N–H and O–H groups in total. The Morgan fingerprint density at radius 1 is 0.885 bits per heavy atom. The highest BCUT2D eigenvalue weighted by Gasteiger charge is 2.07. The van der Waals surface area contributed by atoms with Gasteiger partial charge >= 0.3 is 0 Å². The predicted molar refractivity (Wildman–Crippen MR) is 107 cm³/mol. The lowest BCUT2D eigenvalue weighted by Gasteiger charge is -2.12. The number of hydrogen-bond donors (Lipinski definition) is 0. The van der Waals surface area contributed by atoms with Gasteiger partial charge in [0.05, 0.1) is 23.9 Å². The van der Waals surface area contributed by atoms with Crippen molar-refractivity contribution in [2.24, 2.45) is 0 Å². The molecule has 0 saturated carbocycles. The van der Waals surface area contributed by atoms with Gasteiger partial charge in [-0.25, -0.2) is 4.98 Å². The van der Waals surface area contributed by atoms with Crippen LogP contribution >= 0.6 is 0 Å². The Kier molecular flexibility index (Phi) is 4.44. The van der Waals surface area contributed by atoms with Crippen LogP contribution < -0.4 is 4.74 Å². The average molecular weight is 342 g/mol. The van der Waals surface area contributed by atoms with Crippen LogP contribution in [-0.2, 0) is 6.54 Å². The lowest BCUT2D eigenvalue weighted by atomic mass is 10.1. The van der Waals surface area contributed by atoms with Crippen LogP contribution in [0, 0.1) is 13.8 Å². The van der Waals surface area contributed by atoms with Crippen molar-refractivity contribution in [2.75, 3.05) is 6.61 Å². The van der Waals surface area contributed by atoms with Crippen LogP contribution in [-0.4, -0.2) is 16.2 Å². The van der Waals surface area contributed by atoms with E-state index in [4.69, 9.17) is 4.74 Å². The predicted octanol–water partition coefficient (Wildman–Crippen LogP) is 5.40. The molecule has 1 aromatic heterocycles. The summed E-state index contributed by atoms with van der Waals surface area (Å²) in [6.45, 7) is 5.63. The molecule has 0 radical (unpaired) electrons. The first-order valence-corrected chi connectivity index (χ1v) is 8.92. The maximum Gasteiger partial charge on any atom is 0.127 e. The van der Waals surface area contributed by atoms with Gasteiger partial charge in [-0.1, -0.05) is 48.5 Å². The fraction of sp³-hybridized carbons (Fsp3) is 0.174. The zero-order chi connectivity index (χ0) is 17.9. The van der Waals surface area contributed by atoms with Gasteiger partial charge in [-0.2, -0.15) is 0 Å². The second-order valence-corrected chi connectivity index (χ2v) is 6.57. The number of nitrogens with zero attached hydrogens (tertiary/aromatic N) is 2. The van der Waals surface area contributed by atoms with Crippen LogP contribution in [0.1, 0.15) is 11.1 Å². The highest BCUT2D eigenvalue weighted by atomic mass is 16.5. The highest BCUT2D eigenvalue weighted by molar-refractivity contribution is 5.77. The number of fused-ring (bicyclic) bond motifs is 1. The van der Waals surface area contributed by atoms with Crippen molar-refractivity contribution in [1.29, 1.82) is 0 Å². The quantitative estimate of drug-likeness (QED) is 0.485. The lowest BCUT2D eigenvalue weighted by molar-refractivity contribution is 0.301. The highest BCUT2D eigenvalue weighted by Crippen LogP contribution is 2.29. The van der Waals surface area contributed by atoms with E-state index in [1.54, 1.807) is 0 Å². The third kappa shape index (κ3) is 3.21. The van der Waals surface area contributed by atoms with Crippen LogP contribution in [0.5, 0.6) is 5.75 Å². The van der Waals surface area contributed by atoms with Crippen LogP contribution in [0.25, 0.3) is 22.2 Å². The minimum Gasteiger partial charge on any atom is -0.491 e. The summed E-state index contributed by atoms with van der Waals surface area (Å²) in [6.07, 6.45) is 1.90. The number of benzene rings is 3. The van der Waals surface area contributed by atoms with Crippen LogP contribution in [0.2, 0.25) is 0 Å². The van der Waals surface area contributed by atoms with E-state index in [1.165, 1.54) is 16.7 Å². The van der Waals surface area contributed by atoms with Crippen LogP contribution in [0.15, 0.2) is 73.1 Å². The summed E-state index contributed by atoms with van der Waals surface area (Å²) in [5.74, 6) is 0.912. The summed E-state index contributed by atoms with van der Waals surface area (Å²) in [6, 6.07) is 22.9. The van der Waals surface area contributed by atoms with E-state index >= 15 is 0 Å². The molecule has 0 unspecified atom stereocenters. The topological polar surface area (TPSA) is 27.1 Å². The van der Waals surface area contributed by atoms with Gasteiger partial charge in [-0.05, 0) is 48.7 Å². The molecule has 0 aliphatic carbocycles. The lowest BCUT2D eigenvalue weighted by Crippen LogP contribution is -2.08. The third-order valence-electron chi connectivity index (χ3n) is 4.80. The maximum atomic E-state index is 6.12. The first-order chi connectivity index (χ1) is 12.7. The van der Waals surface area contributed by atoms with Crippen LogP contribution in [0.4, 0.5) is 0 Å². The summed E-state index contributed by atoms with van der Waals surface area (Å²) in [4.78, 5) is 4.52. The number of rotatable bonds is 5. The van der Waals surface area contributed by atoms with E-state index in [-0.39, 0.29) is 0 Å². The molecule has 0 amide bonds. The van der Waals surface area contributed by atoms with Gasteiger partial charge in [0.15, 0.2) is 0 Å². The molecule has 26 heavy (non-hydrogen) atoms. The molecular weight excluding hydrogens is 320 g/mol. The maximum absolute atomic E-state index is 6.12. The van der Waals surface area contributed by atoms with Gasteiger partial charge < -0.3 is 9.30 Å². The Labute approximate surface area is 153 Å². The monoisotopic (exact) mass is 342 g/mol. The Balaban J connectivity index is 1.52. The van der Waals surface area contributed by atoms with Gasteiger partial charge in [0.2, 0.25) is 0 Å². The molecule has 0 bridgehead atoms. The Morgan fingerprint density at radius 2 is 1.62 bits per heavy atom. The SMILES string of the molecule is Cc1cc2ncn(CCOc3ccccc3-c3ccccc3)c2cc1C. The van der Waals surface area contributed by atoms with Gasteiger partial charge in [0.1, 0.15) is 12.4 Å². The molecule has 130 valence electrons. The van der Waals surface area contributed by atoms with Crippen LogP contribution in [0.3, 0.4) is 0 Å². The van der Waals surface area contributed by atoms with Gasteiger partial charge in [-0.3, -0.25) is 0 Å². The molecule has 4 aromatic rings. The minimum absolute atomic E-state index is 0.599. The molecule has 3 heteroatoms. The Morgan fingerprint density at radius 3 is 2.46 bits per heavy atom. The molecular formula is C23H22N2O. The standard InChI is InChI=1S/C23H22N2O/c1-17-14-21-22(15-18(17)2)25(16-24-21)12-13-26-23-11-7-6-10-20(23)19-8-4-3-5-9-19/h3-11,14-16H,12-13H2,1-2H3. The molecule has 0 aliphatic heterocycles. The van der Waals surface area contributed by atoms with Crippen molar-refractivity contribution in [3.8, 4) is 16.9 Å². The van der Waals surface area contributed by atoms with Crippen molar-refractivity contribution in [3.05, 3.63) is 84.2 Å². The van der Waals surface area contributed by atoms with E-state index in [9.17, 15) is 0 Å². The van der Waals surface area contributed by atoms with E-state index in [0.717, 1.165) is 28.9 Å². The van der Waals surface area contributed by atoms with E-state index in [2.05, 4.69) is 53.7 Å². The molecule has 0 saturated heterocycles. The number of para-hydroxylation sites is 1. The molecule has 0 spiro atoms. The first kappa shape index (κ1) is 16.4. The number of aromatic nitrogens is 2. The summed E-state index contributed by atoms with van der Waals surface area (Å²) < 4.78 is 8.28. The second-order valence-electron chi connectivity index (χ2n) is 6.57. The van der Waals surface area contributed by atoms with Crippen molar-refractivity contribution in [1.82, 2.24) is 9.55 Å². The van der Waals surface area contributed by atoms with Crippen molar-refractivity contribution >= 4 is 11.0 Å². The van der Waals surface area contributed by atoms with Crippen molar-refractivity contribution in [3.63, 3.8) is 0 Å². The Bertz CT molecular complexity index is 1030. The Hall–Kier alpha value is -3.07. The fourth-order valence-corrected chi connectivity index (χ4v) is 3.19. The van der Waals surface area contributed by atoms with Crippen molar-refractivity contribution < 1.29 is 4.74 Å². The summed E-state index contributed by atoms with van der Waals surface area (Å²) in [5, 5.41) is 0. The van der Waals surface area contributed by atoms with Gasteiger partial charge in [0.25, 0.3) is 0 Å². The molecule has 0 atom stereocenters. The molecule has 3 aromatic carbocycles. The van der Waals surface area contributed by atoms with Gasteiger partial charge in [0, 0.05) is 5.56 Å². The normalized spacial score (nSPS) is 11.0. The smallest absolute Gasteiger partial charge is 0.127 e. The summed E-state index contributed by atoms with van der Waals surface area (Å²) >= 11 is 0. The number of ether oxygens (including phenoxy) is 1. The van der Waals surface area contributed by atoms with Gasteiger partial charge in [-0.15, -0.1) is 0 Å². The van der Waals surface area contributed by atoms with E-state index in [1.807, 2.05) is 42.7 Å². The minimum atomic E-state index is 0.599.